The van der Waals surface area contributed by atoms with E-state index in [2.05, 4.69) is 41.4 Å². The van der Waals surface area contributed by atoms with Gasteiger partial charge in [0, 0.05) is 5.39 Å². The quantitative estimate of drug-likeness (QED) is 0.390. The van der Waals surface area contributed by atoms with Gasteiger partial charge in [-0.15, -0.1) is 11.3 Å². The van der Waals surface area contributed by atoms with Crippen LogP contribution in [0, 0.1) is 5.92 Å². The molecule has 4 aromatic rings. The van der Waals surface area contributed by atoms with E-state index in [9.17, 15) is 4.79 Å². The normalized spacial score (nSPS) is 16.4. The van der Waals surface area contributed by atoms with Gasteiger partial charge in [-0.2, -0.15) is 0 Å². The zero-order valence-corrected chi connectivity index (χ0v) is 18.4. The number of piperidine rings is 1. The Labute approximate surface area is 186 Å². The van der Waals surface area contributed by atoms with Crippen molar-refractivity contribution in [3.8, 4) is 0 Å². The lowest BCUT2D eigenvalue weighted by atomic mass is 9.94. The lowest BCUT2D eigenvalue weighted by molar-refractivity contribution is 0.102. The van der Waals surface area contributed by atoms with E-state index in [0.717, 1.165) is 41.4 Å². The average molecular weight is 431 g/mol. The number of hydrogen-bond donors (Lipinski definition) is 1. The topological polar surface area (TPSA) is 45.5 Å². The number of likely N-dealkylation sites (tertiary alicyclic amines) is 1. The van der Waals surface area contributed by atoms with Crippen molar-refractivity contribution in [3.63, 3.8) is 0 Å². The predicted molar refractivity (Wildman–Crippen MR) is 127 cm³/mol. The number of thiophene rings is 1. The summed E-state index contributed by atoms with van der Waals surface area (Å²) in [4.78, 5) is 16.2. The Hall–Kier alpha value is -2.89. The molecule has 31 heavy (non-hydrogen) atoms. The third kappa shape index (κ3) is 4.03. The summed E-state index contributed by atoms with van der Waals surface area (Å²) < 4.78 is 6.46. The third-order valence-corrected chi connectivity index (χ3v) is 7.02. The van der Waals surface area contributed by atoms with Crippen molar-refractivity contribution in [1.82, 2.24) is 4.90 Å². The highest BCUT2D eigenvalue weighted by Gasteiger charge is 2.32. The zero-order chi connectivity index (χ0) is 21.2. The monoisotopic (exact) mass is 430 g/mol. The van der Waals surface area contributed by atoms with Crippen LogP contribution in [0.25, 0.3) is 11.0 Å². The molecule has 0 radical (unpaired) electrons. The van der Waals surface area contributed by atoms with Crippen LogP contribution in [0.15, 0.2) is 76.5 Å². The Morgan fingerprint density at radius 1 is 1.03 bits per heavy atom. The molecule has 1 N–H and O–H groups in total. The first kappa shape index (κ1) is 20.0. The largest absolute Gasteiger partial charge is 0.457 e. The Morgan fingerprint density at radius 2 is 1.77 bits per heavy atom. The summed E-state index contributed by atoms with van der Waals surface area (Å²) >= 11 is 1.44. The molecular formula is C26H26N2O2S. The molecule has 1 amide bonds. The number of nitrogens with one attached hydrogen (secondary N) is 1. The van der Waals surface area contributed by atoms with Crippen LogP contribution >= 0.6 is 11.3 Å². The fourth-order valence-electron chi connectivity index (χ4n) is 4.42. The van der Waals surface area contributed by atoms with Crippen molar-refractivity contribution in [2.75, 3.05) is 18.4 Å². The van der Waals surface area contributed by atoms with Crippen LogP contribution in [0.3, 0.4) is 0 Å². The number of carbonyl (C=O) groups excluding carboxylic acids is 1. The minimum atomic E-state index is -0.0955. The molecule has 1 unspecified atom stereocenters. The van der Waals surface area contributed by atoms with E-state index in [-0.39, 0.29) is 11.9 Å². The minimum Gasteiger partial charge on any atom is -0.457 e. The maximum absolute atomic E-state index is 13.0. The van der Waals surface area contributed by atoms with Crippen LogP contribution in [0.2, 0.25) is 0 Å². The summed E-state index contributed by atoms with van der Waals surface area (Å²) in [6.07, 6.45) is 2.33. The van der Waals surface area contributed by atoms with Crippen molar-refractivity contribution in [2.24, 2.45) is 5.92 Å². The van der Waals surface area contributed by atoms with Gasteiger partial charge in [0.2, 0.25) is 0 Å². The maximum atomic E-state index is 13.0. The Balaban J connectivity index is 1.62. The van der Waals surface area contributed by atoms with E-state index < -0.39 is 0 Å². The zero-order valence-electron chi connectivity index (χ0n) is 17.6. The van der Waals surface area contributed by atoms with Gasteiger partial charge in [0.1, 0.15) is 11.3 Å². The number of fused-ring (bicyclic) bond motifs is 1. The van der Waals surface area contributed by atoms with Gasteiger partial charge in [-0.1, -0.05) is 55.5 Å². The molecule has 5 heteroatoms. The van der Waals surface area contributed by atoms with Gasteiger partial charge in [-0.25, -0.2) is 0 Å². The Kier molecular flexibility index (Phi) is 5.62. The highest BCUT2D eigenvalue weighted by molar-refractivity contribution is 7.12. The fraction of sp³-hybridized carbons (Fsp3) is 0.269. The van der Waals surface area contributed by atoms with Gasteiger partial charge < -0.3 is 9.73 Å². The fourth-order valence-corrected chi connectivity index (χ4v) is 5.04. The highest BCUT2D eigenvalue weighted by Crippen LogP contribution is 2.41. The third-order valence-electron chi connectivity index (χ3n) is 6.15. The number of rotatable bonds is 5. The van der Waals surface area contributed by atoms with E-state index in [1.807, 2.05) is 47.8 Å². The molecule has 1 fully saturated rings. The number of benzene rings is 2. The summed E-state index contributed by atoms with van der Waals surface area (Å²) in [5.74, 6) is 1.45. The van der Waals surface area contributed by atoms with Crippen LogP contribution in [0.4, 0.5) is 5.69 Å². The number of para-hydroxylation sites is 1. The van der Waals surface area contributed by atoms with Crippen molar-refractivity contribution in [3.05, 3.63) is 88.3 Å². The Morgan fingerprint density at radius 3 is 2.52 bits per heavy atom. The molecule has 0 bridgehead atoms. The summed E-state index contributed by atoms with van der Waals surface area (Å²) in [5, 5.41) is 6.05. The standard InChI is InChI=1S/C26H26N2O2S/c1-18-13-15-28(16-14-18)24(19-8-3-2-4-9-19)25-23(20-10-5-6-11-21(20)30-25)27-26(29)22-12-7-17-31-22/h2-12,17-18,24H,13-16H2,1H3,(H,27,29). The maximum Gasteiger partial charge on any atom is 0.265 e. The second-order valence-electron chi connectivity index (χ2n) is 8.30. The first-order valence-electron chi connectivity index (χ1n) is 10.9. The van der Waals surface area contributed by atoms with E-state index in [1.165, 1.54) is 29.7 Å². The second-order valence-corrected chi connectivity index (χ2v) is 9.25. The smallest absolute Gasteiger partial charge is 0.265 e. The van der Waals surface area contributed by atoms with E-state index in [0.29, 0.717) is 4.88 Å². The van der Waals surface area contributed by atoms with Gasteiger partial charge in [0.15, 0.2) is 0 Å². The number of hydrogen-bond acceptors (Lipinski definition) is 4. The van der Waals surface area contributed by atoms with Crippen molar-refractivity contribution >= 4 is 33.9 Å². The molecule has 1 aliphatic rings. The molecule has 1 aliphatic heterocycles. The molecule has 1 atom stereocenters. The molecule has 0 aliphatic carbocycles. The van der Waals surface area contributed by atoms with Gasteiger partial charge in [-0.05, 0) is 61.0 Å². The summed E-state index contributed by atoms with van der Waals surface area (Å²) in [7, 11) is 0. The predicted octanol–water partition coefficient (Wildman–Crippen LogP) is 6.57. The molecule has 3 heterocycles. The van der Waals surface area contributed by atoms with E-state index >= 15 is 0 Å². The van der Waals surface area contributed by atoms with Crippen LogP contribution in [-0.4, -0.2) is 23.9 Å². The molecule has 2 aromatic heterocycles. The SMILES string of the molecule is CC1CCN(C(c2ccccc2)c2oc3ccccc3c2NC(=O)c2cccs2)CC1. The minimum absolute atomic E-state index is 0.0419. The second kappa shape index (κ2) is 8.69. The number of carbonyl (C=O) groups is 1. The molecule has 4 nitrogen and oxygen atoms in total. The lowest BCUT2D eigenvalue weighted by Gasteiger charge is -2.36. The van der Waals surface area contributed by atoms with E-state index in [1.54, 1.807) is 0 Å². The first-order chi connectivity index (χ1) is 15.2. The summed E-state index contributed by atoms with van der Waals surface area (Å²) in [5.41, 5.74) is 2.76. The Bertz CT molecular complexity index is 1160. The van der Waals surface area contributed by atoms with Gasteiger partial charge in [-0.3, -0.25) is 9.69 Å². The first-order valence-corrected chi connectivity index (χ1v) is 11.7. The van der Waals surface area contributed by atoms with Gasteiger partial charge in [0.25, 0.3) is 5.91 Å². The number of nitrogens with zero attached hydrogens (tertiary/aromatic N) is 1. The average Bonchev–Trinajstić information content (AvgIpc) is 3.45. The van der Waals surface area contributed by atoms with Crippen LogP contribution in [0.1, 0.15) is 46.8 Å². The molecule has 1 saturated heterocycles. The van der Waals surface area contributed by atoms with Gasteiger partial charge >= 0.3 is 0 Å². The molecular weight excluding hydrogens is 404 g/mol. The molecule has 0 saturated carbocycles. The summed E-state index contributed by atoms with van der Waals surface area (Å²) in [6.45, 7) is 4.34. The van der Waals surface area contributed by atoms with Crippen molar-refractivity contribution < 1.29 is 9.21 Å². The van der Waals surface area contributed by atoms with E-state index in [4.69, 9.17) is 4.42 Å². The van der Waals surface area contributed by atoms with Gasteiger partial charge in [0.05, 0.1) is 16.6 Å². The van der Waals surface area contributed by atoms with Crippen LogP contribution in [-0.2, 0) is 0 Å². The number of anilines is 1. The molecule has 0 spiro atoms. The van der Waals surface area contributed by atoms with Crippen molar-refractivity contribution in [1.29, 1.82) is 0 Å². The van der Waals surface area contributed by atoms with Crippen molar-refractivity contribution in [2.45, 2.75) is 25.8 Å². The lowest BCUT2D eigenvalue weighted by Crippen LogP contribution is -2.37. The molecule has 5 rings (SSSR count). The molecule has 158 valence electrons. The van der Waals surface area contributed by atoms with Crippen LogP contribution in [0.5, 0.6) is 0 Å². The summed E-state index contributed by atoms with van der Waals surface area (Å²) in [6, 6.07) is 22.1. The number of amides is 1. The van der Waals surface area contributed by atoms with Crippen LogP contribution < -0.4 is 5.32 Å². The molecule has 2 aromatic carbocycles. The number of furan rings is 1. The highest BCUT2D eigenvalue weighted by atomic mass is 32.1.